The maximum Gasteiger partial charge on any atom is 0.308 e. The minimum absolute atomic E-state index is 0.180. The van der Waals surface area contributed by atoms with Gasteiger partial charge in [-0.1, -0.05) is 17.7 Å². The molecule has 136 valence electrons. The Morgan fingerprint density at radius 2 is 2.04 bits per heavy atom. The molecule has 7 heteroatoms. The number of hydrogen-bond acceptors (Lipinski definition) is 5. The van der Waals surface area contributed by atoms with E-state index in [-0.39, 0.29) is 12.5 Å². The predicted molar refractivity (Wildman–Crippen MR) is 92.0 cm³/mol. The number of esters is 1. The SMILES string of the molecule is CCOC(=O)C[C@H](O)C(=O)N[C@@H]1CCCN(c2ccc(C)cc2)C1=O. The molecule has 0 radical (unpaired) electrons. The lowest BCUT2D eigenvalue weighted by Crippen LogP contribution is -2.54. The number of aryl methyl sites for hydroxylation is 1. The monoisotopic (exact) mass is 348 g/mol. The van der Waals surface area contributed by atoms with Crippen molar-refractivity contribution in [3.63, 3.8) is 0 Å². The number of carbonyl (C=O) groups is 3. The summed E-state index contributed by atoms with van der Waals surface area (Å²) in [7, 11) is 0. The van der Waals surface area contributed by atoms with E-state index < -0.39 is 30.4 Å². The van der Waals surface area contributed by atoms with Crippen LogP contribution in [0, 0.1) is 6.92 Å². The van der Waals surface area contributed by atoms with Crippen LogP contribution in [-0.4, -0.2) is 48.2 Å². The number of piperidine rings is 1. The van der Waals surface area contributed by atoms with E-state index in [2.05, 4.69) is 5.32 Å². The van der Waals surface area contributed by atoms with Crippen LogP contribution in [0.5, 0.6) is 0 Å². The summed E-state index contributed by atoms with van der Waals surface area (Å²) < 4.78 is 4.70. The summed E-state index contributed by atoms with van der Waals surface area (Å²) in [4.78, 5) is 37.6. The summed E-state index contributed by atoms with van der Waals surface area (Å²) in [5, 5.41) is 12.3. The number of rotatable bonds is 6. The molecule has 1 aliphatic rings. The second-order valence-electron chi connectivity index (χ2n) is 6.05. The Hall–Kier alpha value is -2.41. The highest BCUT2D eigenvalue weighted by Gasteiger charge is 2.32. The second-order valence-corrected chi connectivity index (χ2v) is 6.05. The van der Waals surface area contributed by atoms with Crippen molar-refractivity contribution in [1.82, 2.24) is 5.32 Å². The molecular formula is C18H24N2O5. The highest BCUT2D eigenvalue weighted by atomic mass is 16.5. The highest BCUT2D eigenvalue weighted by Crippen LogP contribution is 2.21. The van der Waals surface area contributed by atoms with E-state index in [0.717, 1.165) is 17.7 Å². The fourth-order valence-corrected chi connectivity index (χ4v) is 2.73. The summed E-state index contributed by atoms with van der Waals surface area (Å²) in [6.45, 7) is 4.37. The molecule has 2 rings (SSSR count). The zero-order valence-corrected chi connectivity index (χ0v) is 14.5. The van der Waals surface area contributed by atoms with Crippen molar-refractivity contribution in [1.29, 1.82) is 0 Å². The first kappa shape index (κ1) is 18.9. The lowest BCUT2D eigenvalue weighted by atomic mass is 10.0. The van der Waals surface area contributed by atoms with E-state index in [4.69, 9.17) is 4.74 Å². The quantitative estimate of drug-likeness (QED) is 0.746. The van der Waals surface area contributed by atoms with Crippen molar-refractivity contribution in [2.75, 3.05) is 18.1 Å². The van der Waals surface area contributed by atoms with Gasteiger partial charge in [0, 0.05) is 12.2 Å². The number of benzene rings is 1. The third-order valence-corrected chi connectivity index (χ3v) is 4.07. The first-order valence-electron chi connectivity index (χ1n) is 8.44. The normalized spacial score (nSPS) is 18.6. The van der Waals surface area contributed by atoms with Crippen LogP contribution < -0.4 is 10.2 Å². The first-order chi connectivity index (χ1) is 11.9. The van der Waals surface area contributed by atoms with Crippen molar-refractivity contribution in [3.8, 4) is 0 Å². The average Bonchev–Trinajstić information content (AvgIpc) is 2.57. The molecule has 25 heavy (non-hydrogen) atoms. The Morgan fingerprint density at radius 3 is 2.68 bits per heavy atom. The summed E-state index contributed by atoms with van der Waals surface area (Å²) in [5.74, 6) is -1.61. The Balaban J connectivity index is 1.97. The lowest BCUT2D eigenvalue weighted by molar-refractivity contribution is -0.149. The average molecular weight is 348 g/mol. The number of anilines is 1. The molecule has 1 aromatic carbocycles. The Bertz CT molecular complexity index is 629. The lowest BCUT2D eigenvalue weighted by Gasteiger charge is -2.33. The van der Waals surface area contributed by atoms with Gasteiger partial charge < -0.3 is 20.1 Å². The van der Waals surface area contributed by atoms with Crippen LogP contribution in [0.1, 0.15) is 31.7 Å². The third-order valence-electron chi connectivity index (χ3n) is 4.07. The molecule has 1 aliphatic heterocycles. The molecule has 1 heterocycles. The molecule has 2 atom stereocenters. The number of nitrogens with one attached hydrogen (secondary N) is 1. The van der Waals surface area contributed by atoms with Crippen LogP contribution >= 0.6 is 0 Å². The van der Waals surface area contributed by atoms with Crippen LogP contribution in [0.15, 0.2) is 24.3 Å². The fraction of sp³-hybridized carbons (Fsp3) is 0.500. The predicted octanol–water partition coefficient (Wildman–Crippen LogP) is 0.921. The van der Waals surface area contributed by atoms with Gasteiger partial charge in [0.15, 0.2) is 0 Å². The molecular weight excluding hydrogens is 324 g/mol. The number of hydrogen-bond donors (Lipinski definition) is 2. The van der Waals surface area contributed by atoms with Gasteiger partial charge in [0.05, 0.1) is 13.0 Å². The summed E-state index contributed by atoms with van der Waals surface area (Å²) in [6.07, 6.45) is -0.721. The highest BCUT2D eigenvalue weighted by molar-refractivity contribution is 6.00. The number of carbonyl (C=O) groups excluding carboxylic acids is 3. The van der Waals surface area contributed by atoms with Gasteiger partial charge >= 0.3 is 5.97 Å². The van der Waals surface area contributed by atoms with Gasteiger partial charge in [-0.2, -0.15) is 0 Å². The van der Waals surface area contributed by atoms with Crippen molar-refractivity contribution < 1.29 is 24.2 Å². The largest absolute Gasteiger partial charge is 0.466 e. The summed E-state index contributed by atoms with van der Waals surface area (Å²) in [5.41, 5.74) is 1.88. The molecule has 0 spiro atoms. The van der Waals surface area contributed by atoms with E-state index in [1.807, 2.05) is 31.2 Å². The minimum atomic E-state index is -1.53. The Kier molecular flexibility index (Phi) is 6.52. The van der Waals surface area contributed by atoms with Gasteiger partial charge in [-0.15, -0.1) is 0 Å². The van der Waals surface area contributed by atoms with E-state index in [9.17, 15) is 19.5 Å². The van der Waals surface area contributed by atoms with Gasteiger partial charge in [-0.25, -0.2) is 0 Å². The van der Waals surface area contributed by atoms with Gasteiger partial charge in [-0.3, -0.25) is 14.4 Å². The van der Waals surface area contributed by atoms with Gasteiger partial charge in [0.1, 0.15) is 12.1 Å². The minimum Gasteiger partial charge on any atom is -0.466 e. The smallest absolute Gasteiger partial charge is 0.308 e. The molecule has 0 unspecified atom stereocenters. The van der Waals surface area contributed by atoms with Crippen LogP contribution in [0.25, 0.3) is 0 Å². The zero-order chi connectivity index (χ0) is 18.4. The fourth-order valence-electron chi connectivity index (χ4n) is 2.73. The Morgan fingerprint density at radius 1 is 1.36 bits per heavy atom. The molecule has 0 bridgehead atoms. The molecule has 0 aromatic heterocycles. The maximum atomic E-state index is 12.6. The van der Waals surface area contributed by atoms with Gasteiger partial charge in [0.2, 0.25) is 11.8 Å². The zero-order valence-electron chi connectivity index (χ0n) is 14.5. The number of aliphatic hydroxyl groups excluding tert-OH is 1. The molecule has 2 N–H and O–H groups in total. The number of ether oxygens (including phenoxy) is 1. The standard InChI is InChI=1S/C18H24N2O5/c1-3-25-16(22)11-15(21)17(23)19-14-5-4-10-20(18(14)24)13-8-6-12(2)7-9-13/h6-9,14-15,21H,3-5,10-11H2,1-2H3,(H,19,23)/t14-,15+/m1/s1. The summed E-state index contributed by atoms with van der Waals surface area (Å²) in [6, 6.07) is 6.88. The molecule has 0 saturated carbocycles. The van der Waals surface area contributed by atoms with Crippen molar-refractivity contribution in [3.05, 3.63) is 29.8 Å². The van der Waals surface area contributed by atoms with Gasteiger partial charge in [0.25, 0.3) is 0 Å². The van der Waals surface area contributed by atoms with E-state index in [0.29, 0.717) is 13.0 Å². The van der Waals surface area contributed by atoms with E-state index in [1.165, 1.54) is 0 Å². The third kappa shape index (κ3) is 5.03. The number of amides is 2. The van der Waals surface area contributed by atoms with Crippen molar-refractivity contribution in [2.45, 2.75) is 45.3 Å². The summed E-state index contributed by atoms with van der Waals surface area (Å²) >= 11 is 0. The van der Waals surface area contributed by atoms with Crippen LogP contribution in [0.4, 0.5) is 5.69 Å². The molecule has 2 amide bonds. The molecule has 0 aliphatic carbocycles. The van der Waals surface area contributed by atoms with Gasteiger partial charge in [-0.05, 0) is 38.8 Å². The van der Waals surface area contributed by atoms with E-state index in [1.54, 1.807) is 11.8 Å². The van der Waals surface area contributed by atoms with Crippen LogP contribution in [0.3, 0.4) is 0 Å². The number of aliphatic hydroxyl groups is 1. The Labute approximate surface area is 147 Å². The number of nitrogens with zero attached hydrogens (tertiary/aromatic N) is 1. The van der Waals surface area contributed by atoms with Crippen molar-refractivity contribution in [2.24, 2.45) is 0 Å². The molecule has 1 saturated heterocycles. The maximum absolute atomic E-state index is 12.6. The van der Waals surface area contributed by atoms with Crippen molar-refractivity contribution >= 4 is 23.5 Å². The second kappa shape index (κ2) is 8.62. The first-order valence-corrected chi connectivity index (χ1v) is 8.44. The van der Waals surface area contributed by atoms with E-state index >= 15 is 0 Å². The topological polar surface area (TPSA) is 95.9 Å². The van der Waals surface area contributed by atoms with Crippen LogP contribution in [0.2, 0.25) is 0 Å². The molecule has 7 nitrogen and oxygen atoms in total. The van der Waals surface area contributed by atoms with Crippen LogP contribution in [-0.2, 0) is 19.1 Å². The molecule has 1 aromatic rings. The molecule has 1 fully saturated rings.